The Morgan fingerprint density at radius 1 is 1.27 bits per heavy atom. The predicted octanol–water partition coefficient (Wildman–Crippen LogP) is 3.94. The van der Waals surface area contributed by atoms with E-state index in [0.717, 1.165) is 31.5 Å². The number of rotatable bonds is 3. The van der Waals surface area contributed by atoms with E-state index in [2.05, 4.69) is 21.2 Å². The van der Waals surface area contributed by atoms with Crippen LogP contribution in [-0.2, 0) is 0 Å². The number of piperidine rings is 1. The number of nitriles is 1. The molecule has 7 nitrogen and oxygen atoms in total. The maximum atomic E-state index is 9.18. The number of anilines is 1. The van der Waals surface area contributed by atoms with E-state index in [-0.39, 0.29) is 5.92 Å². The van der Waals surface area contributed by atoms with Gasteiger partial charge in [-0.25, -0.2) is 4.98 Å². The van der Waals surface area contributed by atoms with Crippen molar-refractivity contribution in [2.45, 2.75) is 25.7 Å². The van der Waals surface area contributed by atoms with Crippen LogP contribution < -0.4 is 4.90 Å². The third kappa shape index (κ3) is 3.16. The van der Waals surface area contributed by atoms with Crippen molar-refractivity contribution in [2.75, 3.05) is 18.0 Å². The Labute approximate surface area is 155 Å². The first-order valence-corrected chi connectivity index (χ1v) is 8.74. The molecule has 8 heteroatoms. The van der Waals surface area contributed by atoms with E-state index in [1.54, 1.807) is 6.92 Å². The molecule has 0 spiro atoms. The minimum absolute atomic E-state index is 0.182. The highest BCUT2D eigenvalue weighted by molar-refractivity contribution is 6.30. The first kappa shape index (κ1) is 16.6. The van der Waals surface area contributed by atoms with Gasteiger partial charge in [0.25, 0.3) is 0 Å². The SMILES string of the molecule is Cc1nc(C#N)c(N2CCC(c3nc(-c4cccc(Cl)c4)no3)CC2)o1. The molecule has 1 aliphatic rings. The molecule has 4 rings (SSSR count). The average Bonchev–Trinajstić information content (AvgIpc) is 3.28. The van der Waals surface area contributed by atoms with Gasteiger partial charge in [0.1, 0.15) is 6.07 Å². The molecular formula is C18H16ClN5O2. The molecule has 26 heavy (non-hydrogen) atoms. The van der Waals surface area contributed by atoms with Gasteiger partial charge in [-0.3, -0.25) is 0 Å². The maximum absolute atomic E-state index is 9.18. The summed E-state index contributed by atoms with van der Waals surface area (Å²) in [5.74, 6) is 2.41. The van der Waals surface area contributed by atoms with Gasteiger partial charge in [-0.1, -0.05) is 28.9 Å². The zero-order valence-electron chi connectivity index (χ0n) is 14.1. The first-order valence-electron chi connectivity index (χ1n) is 8.36. The quantitative estimate of drug-likeness (QED) is 0.690. The van der Waals surface area contributed by atoms with Crippen molar-refractivity contribution >= 4 is 17.5 Å². The molecule has 1 aliphatic heterocycles. The Hall–Kier alpha value is -2.85. The first-order chi connectivity index (χ1) is 12.6. The zero-order chi connectivity index (χ0) is 18.1. The van der Waals surface area contributed by atoms with Crippen LogP contribution in [0.25, 0.3) is 11.4 Å². The molecule has 132 valence electrons. The number of nitrogens with zero attached hydrogens (tertiary/aromatic N) is 5. The van der Waals surface area contributed by atoms with Crippen molar-refractivity contribution in [3.63, 3.8) is 0 Å². The second kappa shape index (κ2) is 6.81. The lowest BCUT2D eigenvalue weighted by atomic mass is 9.97. The van der Waals surface area contributed by atoms with Gasteiger partial charge in [0, 0.05) is 36.5 Å². The molecule has 1 aromatic carbocycles. The zero-order valence-corrected chi connectivity index (χ0v) is 14.9. The van der Waals surface area contributed by atoms with E-state index in [4.69, 9.17) is 20.5 Å². The molecule has 0 atom stereocenters. The van der Waals surface area contributed by atoms with Gasteiger partial charge in [-0.15, -0.1) is 0 Å². The smallest absolute Gasteiger partial charge is 0.234 e. The van der Waals surface area contributed by atoms with Crippen molar-refractivity contribution < 1.29 is 8.94 Å². The van der Waals surface area contributed by atoms with Crippen LogP contribution in [0.3, 0.4) is 0 Å². The predicted molar refractivity (Wildman–Crippen MR) is 94.9 cm³/mol. The number of hydrogen-bond acceptors (Lipinski definition) is 7. The number of aryl methyl sites for hydroxylation is 1. The second-order valence-corrected chi connectivity index (χ2v) is 6.66. The Balaban J connectivity index is 1.46. The van der Waals surface area contributed by atoms with Crippen molar-refractivity contribution in [3.05, 3.63) is 46.8 Å². The van der Waals surface area contributed by atoms with Crippen LogP contribution >= 0.6 is 11.6 Å². The number of benzene rings is 1. The lowest BCUT2D eigenvalue weighted by Crippen LogP contribution is -2.33. The van der Waals surface area contributed by atoms with E-state index >= 15 is 0 Å². The Morgan fingerprint density at radius 3 is 2.81 bits per heavy atom. The number of oxazole rings is 1. The van der Waals surface area contributed by atoms with Crippen LogP contribution in [0.15, 0.2) is 33.2 Å². The third-order valence-corrected chi connectivity index (χ3v) is 4.71. The summed E-state index contributed by atoms with van der Waals surface area (Å²) in [4.78, 5) is 10.7. The number of hydrogen-bond donors (Lipinski definition) is 0. The van der Waals surface area contributed by atoms with Crippen LogP contribution in [0.1, 0.15) is 36.2 Å². The lowest BCUT2D eigenvalue weighted by Gasteiger charge is -2.29. The largest absolute Gasteiger partial charge is 0.424 e. The Bertz CT molecular complexity index is 966. The summed E-state index contributed by atoms with van der Waals surface area (Å²) < 4.78 is 11.1. The van der Waals surface area contributed by atoms with Crippen LogP contribution in [0.4, 0.5) is 5.88 Å². The summed E-state index contributed by atoms with van der Waals surface area (Å²) in [6, 6.07) is 9.47. The summed E-state index contributed by atoms with van der Waals surface area (Å²) in [7, 11) is 0. The number of aromatic nitrogens is 3. The molecule has 0 saturated carbocycles. The second-order valence-electron chi connectivity index (χ2n) is 6.23. The molecule has 0 unspecified atom stereocenters. The lowest BCUT2D eigenvalue weighted by molar-refractivity contribution is 0.326. The van der Waals surface area contributed by atoms with Crippen molar-refractivity contribution in [3.8, 4) is 17.5 Å². The molecule has 3 heterocycles. The highest BCUT2D eigenvalue weighted by atomic mass is 35.5. The molecule has 0 aliphatic carbocycles. The topological polar surface area (TPSA) is 92.0 Å². The summed E-state index contributed by atoms with van der Waals surface area (Å²) in [5.41, 5.74) is 1.17. The number of halogens is 1. The molecule has 2 aromatic heterocycles. The van der Waals surface area contributed by atoms with Gasteiger partial charge in [0.15, 0.2) is 5.89 Å². The molecule has 0 bridgehead atoms. The third-order valence-electron chi connectivity index (χ3n) is 4.48. The standard InChI is InChI=1S/C18H16ClN5O2/c1-11-21-15(10-20)18(25-11)24-7-5-12(6-8-24)17-22-16(23-26-17)13-3-2-4-14(19)9-13/h2-4,9,12H,5-8H2,1H3. The van der Waals surface area contributed by atoms with Crippen molar-refractivity contribution in [1.29, 1.82) is 5.26 Å². The van der Waals surface area contributed by atoms with Crippen LogP contribution in [0, 0.1) is 18.3 Å². The summed E-state index contributed by atoms with van der Waals surface area (Å²) in [6.45, 7) is 3.22. The highest BCUT2D eigenvalue weighted by Gasteiger charge is 2.28. The summed E-state index contributed by atoms with van der Waals surface area (Å²) in [6.07, 6.45) is 1.67. The summed E-state index contributed by atoms with van der Waals surface area (Å²) >= 11 is 6.02. The minimum Gasteiger partial charge on any atom is -0.424 e. The van der Waals surface area contributed by atoms with Crippen LogP contribution in [0.2, 0.25) is 5.02 Å². The van der Waals surface area contributed by atoms with Gasteiger partial charge >= 0.3 is 0 Å². The van der Waals surface area contributed by atoms with E-state index in [0.29, 0.717) is 34.2 Å². The molecule has 3 aromatic rings. The molecule has 1 fully saturated rings. The Kier molecular flexibility index (Phi) is 4.35. The fraction of sp³-hybridized carbons (Fsp3) is 0.333. The average molecular weight is 370 g/mol. The molecule has 0 radical (unpaired) electrons. The fourth-order valence-corrected chi connectivity index (χ4v) is 3.37. The normalized spacial score (nSPS) is 15.2. The fourth-order valence-electron chi connectivity index (χ4n) is 3.18. The van der Waals surface area contributed by atoms with Gasteiger partial charge in [0.2, 0.25) is 23.3 Å². The van der Waals surface area contributed by atoms with E-state index in [1.165, 1.54) is 0 Å². The molecular weight excluding hydrogens is 354 g/mol. The Morgan fingerprint density at radius 2 is 2.08 bits per heavy atom. The van der Waals surface area contributed by atoms with E-state index in [9.17, 15) is 5.26 Å². The van der Waals surface area contributed by atoms with Gasteiger partial charge in [0.05, 0.1) is 0 Å². The highest BCUT2D eigenvalue weighted by Crippen LogP contribution is 2.32. The summed E-state index contributed by atoms with van der Waals surface area (Å²) in [5, 5.41) is 13.9. The van der Waals surface area contributed by atoms with E-state index in [1.807, 2.05) is 29.2 Å². The molecule has 1 saturated heterocycles. The van der Waals surface area contributed by atoms with Crippen LogP contribution in [0.5, 0.6) is 0 Å². The van der Waals surface area contributed by atoms with Gasteiger partial charge in [-0.2, -0.15) is 10.2 Å². The van der Waals surface area contributed by atoms with Crippen LogP contribution in [-0.4, -0.2) is 28.2 Å². The van der Waals surface area contributed by atoms with Gasteiger partial charge < -0.3 is 13.8 Å². The van der Waals surface area contributed by atoms with E-state index < -0.39 is 0 Å². The monoisotopic (exact) mass is 369 g/mol. The molecule has 0 amide bonds. The van der Waals surface area contributed by atoms with Crippen molar-refractivity contribution in [1.82, 2.24) is 15.1 Å². The van der Waals surface area contributed by atoms with Gasteiger partial charge in [-0.05, 0) is 25.0 Å². The van der Waals surface area contributed by atoms with Crippen molar-refractivity contribution in [2.24, 2.45) is 0 Å². The molecule has 0 N–H and O–H groups in total. The maximum Gasteiger partial charge on any atom is 0.234 e. The minimum atomic E-state index is 0.182.